The summed E-state index contributed by atoms with van der Waals surface area (Å²) in [6, 6.07) is 8.04. The fourth-order valence-corrected chi connectivity index (χ4v) is 2.86. The average molecular weight is 330 g/mol. The van der Waals surface area contributed by atoms with Crippen LogP contribution in [-0.2, 0) is 0 Å². The van der Waals surface area contributed by atoms with Gasteiger partial charge in [-0.1, -0.05) is 38.1 Å². The van der Waals surface area contributed by atoms with Gasteiger partial charge < -0.3 is 5.11 Å². The maximum atomic E-state index is 11.8. The van der Waals surface area contributed by atoms with Gasteiger partial charge in [0.25, 0.3) is 0 Å². The van der Waals surface area contributed by atoms with E-state index >= 15 is 0 Å². The first-order valence-corrected chi connectivity index (χ1v) is 7.82. The van der Waals surface area contributed by atoms with Gasteiger partial charge in [-0.25, -0.2) is 14.6 Å². The molecule has 2 aromatic heterocycles. The van der Waals surface area contributed by atoms with Crippen molar-refractivity contribution in [2.45, 2.75) is 19.8 Å². The minimum absolute atomic E-state index is 0.321. The van der Waals surface area contributed by atoms with E-state index < -0.39 is 17.5 Å². The SMILES string of the molecule is CC(C)c1ccc(-c2csc(-n3nc(C(=O)O)[nH]c3=O)n2)cc1. The van der Waals surface area contributed by atoms with Crippen LogP contribution in [0.15, 0.2) is 34.4 Å². The molecule has 23 heavy (non-hydrogen) atoms. The number of rotatable bonds is 4. The van der Waals surface area contributed by atoms with Crippen LogP contribution in [0.25, 0.3) is 16.4 Å². The molecule has 0 amide bonds. The van der Waals surface area contributed by atoms with Crippen LogP contribution in [0, 0.1) is 0 Å². The van der Waals surface area contributed by atoms with E-state index in [1.807, 2.05) is 24.3 Å². The van der Waals surface area contributed by atoms with Crippen molar-refractivity contribution in [1.29, 1.82) is 0 Å². The van der Waals surface area contributed by atoms with E-state index in [-0.39, 0.29) is 0 Å². The first kappa shape index (κ1) is 15.2. The van der Waals surface area contributed by atoms with Crippen molar-refractivity contribution in [3.8, 4) is 16.4 Å². The molecular weight excluding hydrogens is 316 g/mol. The molecular formula is C15H14N4O3S. The molecule has 8 heteroatoms. The second kappa shape index (κ2) is 5.81. The van der Waals surface area contributed by atoms with Crippen molar-refractivity contribution < 1.29 is 9.90 Å². The summed E-state index contributed by atoms with van der Waals surface area (Å²) in [4.78, 5) is 29.1. The van der Waals surface area contributed by atoms with Gasteiger partial charge in [0.05, 0.1) is 5.69 Å². The minimum atomic E-state index is -1.29. The molecule has 2 N–H and O–H groups in total. The zero-order chi connectivity index (χ0) is 16.6. The summed E-state index contributed by atoms with van der Waals surface area (Å²) >= 11 is 1.22. The Morgan fingerprint density at radius 3 is 2.57 bits per heavy atom. The number of benzene rings is 1. The number of carbonyl (C=O) groups is 1. The number of hydrogen-bond donors (Lipinski definition) is 2. The van der Waals surface area contributed by atoms with E-state index in [1.165, 1.54) is 16.9 Å². The third kappa shape index (κ3) is 2.93. The molecule has 0 unspecified atom stereocenters. The molecule has 0 atom stereocenters. The molecule has 0 bridgehead atoms. The molecule has 0 spiro atoms. The van der Waals surface area contributed by atoms with Crippen molar-refractivity contribution in [2.75, 3.05) is 0 Å². The molecule has 0 radical (unpaired) electrons. The Kier molecular flexibility index (Phi) is 3.83. The number of carboxylic acids is 1. The Labute approximate surface area is 135 Å². The van der Waals surface area contributed by atoms with Crippen molar-refractivity contribution in [3.63, 3.8) is 0 Å². The molecule has 0 fully saturated rings. The fraction of sp³-hybridized carbons (Fsp3) is 0.200. The number of aromatic carboxylic acids is 1. The van der Waals surface area contributed by atoms with E-state index in [0.29, 0.717) is 16.7 Å². The molecule has 3 aromatic rings. The highest BCUT2D eigenvalue weighted by molar-refractivity contribution is 7.12. The topological polar surface area (TPSA) is 101 Å². The monoisotopic (exact) mass is 330 g/mol. The van der Waals surface area contributed by atoms with Gasteiger partial charge in [0, 0.05) is 10.9 Å². The first-order valence-electron chi connectivity index (χ1n) is 6.94. The molecule has 1 aromatic carbocycles. The summed E-state index contributed by atoms with van der Waals surface area (Å²) in [7, 11) is 0. The molecule has 0 aliphatic heterocycles. The van der Waals surface area contributed by atoms with Gasteiger partial charge in [-0.15, -0.1) is 16.4 Å². The summed E-state index contributed by atoms with van der Waals surface area (Å²) in [6.45, 7) is 4.25. The van der Waals surface area contributed by atoms with Crippen LogP contribution in [0.3, 0.4) is 0 Å². The van der Waals surface area contributed by atoms with Gasteiger partial charge in [-0.05, 0) is 11.5 Å². The zero-order valence-corrected chi connectivity index (χ0v) is 13.3. The largest absolute Gasteiger partial charge is 0.475 e. The molecule has 2 heterocycles. The molecule has 0 aliphatic carbocycles. The van der Waals surface area contributed by atoms with Crippen molar-refractivity contribution in [3.05, 3.63) is 51.5 Å². The van der Waals surface area contributed by atoms with Crippen molar-refractivity contribution in [1.82, 2.24) is 19.7 Å². The number of hydrogen-bond acceptors (Lipinski definition) is 5. The smallest absolute Gasteiger partial charge is 0.373 e. The Bertz CT molecular complexity index is 905. The lowest BCUT2D eigenvalue weighted by atomic mass is 10.0. The summed E-state index contributed by atoms with van der Waals surface area (Å²) in [5.41, 5.74) is 2.25. The van der Waals surface area contributed by atoms with Crippen LogP contribution in [0.1, 0.15) is 35.9 Å². The third-order valence-electron chi connectivity index (χ3n) is 3.37. The summed E-state index contributed by atoms with van der Waals surface area (Å²) < 4.78 is 0.958. The van der Waals surface area contributed by atoms with E-state index in [4.69, 9.17) is 5.11 Å². The molecule has 0 aliphatic rings. The highest BCUT2D eigenvalue weighted by Gasteiger charge is 2.15. The Balaban J connectivity index is 1.94. The molecule has 0 saturated carbocycles. The van der Waals surface area contributed by atoms with Crippen LogP contribution in [-0.4, -0.2) is 30.8 Å². The van der Waals surface area contributed by atoms with Crippen molar-refractivity contribution in [2.24, 2.45) is 0 Å². The summed E-state index contributed by atoms with van der Waals surface area (Å²) in [5, 5.41) is 14.7. The Morgan fingerprint density at radius 2 is 2.00 bits per heavy atom. The number of aromatic nitrogens is 4. The highest BCUT2D eigenvalue weighted by atomic mass is 32.1. The standard InChI is InChI=1S/C15H14N4O3S/c1-8(2)9-3-5-10(6-4-9)11-7-23-15(16-11)19-14(22)17-12(18-19)13(20)21/h3-8H,1-2H3,(H,20,21)(H,17,18,22). The van der Waals surface area contributed by atoms with Crippen LogP contribution in [0.2, 0.25) is 0 Å². The van der Waals surface area contributed by atoms with Crippen LogP contribution >= 0.6 is 11.3 Å². The number of nitrogens with zero attached hydrogens (tertiary/aromatic N) is 3. The van der Waals surface area contributed by atoms with E-state index in [0.717, 1.165) is 10.2 Å². The first-order chi connectivity index (χ1) is 11.0. The maximum absolute atomic E-state index is 11.8. The number of carboxylic acid groups (broad SMARTS) is 1. The minimum Gasteiger partial charge on any atom is -0.475 e. The number of aromatic amines is 1. The average Bonchev–Trinajstić information content (AvgIpc) is 3.13. The lowest BCUT2D eigenvalue weighted by Crippen LogP contribution is -2.15. The molecule has 7 nitrogen and oxygen atoms in total. The number of thiazole rings is 1. The van der Waals surface area contributed by atoms with E-state index in [2.05, 4.69) is 28.9 Å². The van der Waals surface area contributed by atoms with Gasteiger partial charge in [-0.2, -0.15) is 4.68 Å². The van der Waals surface area contributed by atoms with Gasteiger partial charge in [0.2, 0.25) is 11.0 Å². The molecule has 118 valence electrons. The van der Waals surface area contributed by atoms with Crippen LogP contribution < -0.4 is 5.69 Å². The summed E-state index contributed by atoms with van der Waals surface area (Å²) in [5.74, 6) is -1.25. The van der Waals surface area contributed by atoms with E-state index in [9.17, 15) is 9.59 Å². The third-order valence-corrected chi connectivity index (χ3v) is 4.18. The molecule has 3 rings (SSSR count). The van der Waals surface area contributed by atoms with E-state index in [1.54, 1.807) is 5.38 Å². The second-order valence-corrected chi connectivity index (χ2v) is 6.12. The highest BCUT2D eigenvalue weighted by Crippen LogP contribution is 2.25. The number of nitrogens with one attached hydrogen (secondary N) is 1. The lowest BCUT2D eigenvalue weighted by Gasteiger charge is -2.05. The fourth-order valence-electron chi connectivity index (χ4n) is 2.08. The van der Waals surface area contributed by atoms with Crippen LogP contribution in [0.5, 0.6) is 0 Å². The Hall–Kier alpha value is -2.74. The van der Waals surface area contributed by atoms with Gasteiger partial charge in [0.15, 0.2) is 0 Å². The van der Waals surface area contributed by atoms with Gasteiger partial charge in [0.1, 0.15) is 0 Å². The van der Waals surface area contributed by atoms with Gasteiger partial charge in [-0.3, -0.25) is 4.98 Å². The predicted octanol–water partition coefficient (Wildman–Crippen LogP) is 2.51. The molecule has 0 saturated heterocycles. The summed E-state index contributed by atoms with van der Waals surface area (Å²) in [6.07, 6.45) is 0. The second-order valence-electron chi connectivity index (χ2n) is 5.29. The van der Waals surface area contributed by atoms with Gasteiger partial charge >= 0.3 is 11.7 Å². The predicted molar refractivity (Wildman–Crippen MR) is 86.3 cm³/mol. The zero-order valence-electron chi connectivity index (χ0n) is 12.5. The quantitative estimate of drug-likeness (QED) is 0.765. The lowest BCUT2D eigenvalue weighted by molar-refractivity contribution is 0.0683. The number of H-pyrrole nitrogens is 1. The Morgan fingerprint density at radius 1 is 1.30 bits per heavy atom. The maximum Gasteiger partial charge on any atom is 0.373 e. The normalized spacial score (nSPS) is 11.1. The van der Waals surface area contributed by atoms with Crippen LogP contribution in [0.4, 0.5) is 0 Å². The van der Waals surface area contributed by atoms with Crippen molar-refractivity contribution >= 4 is 17.3 Å².